The zero-order valence-corrected chi connectivity index (χ0v) is 19.4. The minimum absolute atomic E-state index is 0.617. The van der Waals surface area contributed by atoms with Crippen molar-refractivity contribution in [1.82, 2.24) is 0 Å². The summed E-state index contributed by atoms with van der Waals surface area (Å²) in [5.41, 5.74) is 3.91. The van der Waals surface area contributed by atoms with Crippen molar-refractivity contribution in [3.05, 3.63) is 41.5 Å². The molecule has 0 N–H and O–H groups in total. The highest BCUT2D eigenvalue weighted by Crippen LogP contribution is 2.19. The average Bonchev–Trinajstić information content (AvgIpc) is 2.73. The Morgan fingerprint density at radius 3 is 1.57 bits per heavy atom. The Kier molecular flexibility index (Phi) is 16.5. The molecule has 1 rings (SSSR count). The first-order valence-corrected chi connectivity index (χ1v) is 12.7. The summed E-state index contributed by atoms with van der Waals surface area (Å²) < 4.78 is 0. The molecule has 0 amide bonds. The molecular weight excluding hydrogens is 360 g/mol. The third-order valence-corrected chi connectivity index (χ3v) is 6.20. The standard InChI is InChI=1S/C27H45Cl/c1-3-5-6-7-8-9-10-11-12-13-14-15-16-17-18-19-20-26-23-25(4-2)21-22-27(26)24-28/h4,21-23H,2-3,5-20,24H2,1H3. The molecule has 0 bridgehead atoms. The summed E-state index contributed by atoms with van der Waals surface area (Å²) in [7, 11) is 0. The van der Waals surface area contributed by atoms with Crippen molar-refractivity contribution in [2.24, 2.45) is 0 Å². The molecule has 0 aliphatic heterocycles. The normalized spacial score (nSPS) is 11.1. The highest BCUT2D eigenvalue weighted by Gasteiger charge is 2.02. The van der Waals surface area contributed by atoms with Crippen molar-refractivity contribution in [1.29, 1.82) is 0 Å². The van der Waals surface area contributed by atoms with E-state index >= 15 is 0 Å². The van der Waals surface area contributed by atoms with Crippen LogP contribution >= 0.6 is 11.6 Å². The maximum absolute atomic E-state index is 6.08. The van der Waals surface area contributed by atoms with Crippen molar-refractivity contribution >= 4 is 17.7 Å². The molecule has 0 unspecified atom stereocenters. The quantitative estimate of drug-likeness (QED) is 0.159. The average molecular weight is 405 g/mol. The summed E-state index contributed by atoms with van der Waals surface area (Å²) in [4.78, 5) is 0. The van der Waals surface area contributed by atoms with Gasteiger partial charge in [0.1, 0.15) is 0 Å². The fraction of sp³-hybridized carbons (Fsp3) is 0.704. The summed E-state index contributed by atoms with van der Waals surface area (Å²) in [5, 5.41) is 0. The number of unbranched alkanes of at least 4 members (excludes halogenated alkanes) is 15. The van der Waals surface area contributed by atoms with Crippen molar-refractivity contribution in [3.63, 3.8) is 0 Å². The Hall–Kier alpha value is -0.750. The molecule has 0 fully saturated rings. The lowest BCUT2D eigenvalue weighted by molar-refractivity contribution is 0.529. The summed E-state index contributed by atoms with van der Waals surface area (Å²) in [6.45, 7) is 6.17. The van der Waals surface area contributed by atoms with Gasteiger partial charge in [-0.05, 0) is 29.5 Å². The van der Waals surface area contributed by atoms with E-state index in [2.05, 4.69) is 31.7 Å². The van der Waals surface area contributed by atoms with Gasteiger partial charge in [-0.15, -0.1) is 11.6 Å². The third-order valence-electron chi connectivity index (χ3n) is 5.91. The second-order valence-corrected chi connectivity index (χ2v) is 8.69. The molecule has 0 aromatic heterocycles. The summed E-state index contributed by atoms with van der Waals surface area (Å²) in [6.07, 6.45) is 25.8. The zero-order chi connectivity index (χ0) is 20.3. The second-order valence-electron chi connectivity index (χ2n) is 8.42. The van der Waals surface area contributed by atoms with Gasteiger partial charge in [0.15, 0.2) is 0 Å². The monoisotopic (exact) mass is 404 g/mol. The number of hydrogen-bond donors (Lipinski definition) is 0. The number of halogens is 1. The first kappa shape index (κ1) is 25.3. The molecule has 0 saturated carbocycles. The summed E-state index contributed by atoms with van der Waals surface area (Å²) in [6, 6.07) is 6.53. The molecular formula is C27H45Cl. The zero-order valence-electron chi connectivity index (χ0n) is 18.6. The molecule has 0 aliphatic rings. The molecule has 1 aromatic rings. The number of alkyl halides is 1. The highest BCUT2D eigenvalue weighted by atomic mass is 35.5. The minimum atomic E-state index is 0.617. The second kappa shape index (κ2) is 18.3. The number of benzene rings is 1. The van der Waals surface area contributed by atoms with Gasteiger partial charge < -0.3 is 0 Å². The van der Waals surface area contributed by atoms with Crippen LogP contribution in [0.25, 0.3) is 6.08 Å². The van der Waals surface area contributed by atoms with E-state index in [1.807, 2.05) is 6.08 Å². The predicted octanol–water partition coefficient (Wildman–Crippen LogP) is 9.87. The van der Waals surface area contributed by atoms with Crippen LogP contribution in [0, 0.1) is 0 Å². The van der Waals surface area contributed by atoms with Crippen LogP contribution in [0.2, 0.25) is 0 Å². The smallest absolute Gasteiger partial charge is 0.0476 e. The van der Waals surface area contributed by atoms with E-state index in [0.717, 1.165) is 6.42 Å². The van der Waals surface area contributed by atoms with Gasteiger partial charge in [0, 0.05) is 5.88 Å². The molecule has 160 valence electrons. The van der Waals surface area contributed by atoms with Gasteiger partial charge in [0.25, 0.3) is 0 Å². The van der Waals surface area contributed by atoms with Crippen LogP contribution in [0.4, 0.5) is 0 Å². The van der Waals surface area contributed by atoms with Gasteiger partial charge in [0.05, 0.1) is 0 Å². The molecule has 0 saturated heterocycles. The largest absolute Gasteiger partial charge is 0.122 e. The Labute approximate surface area is 181 Å². The molecule has 1 heteroatoms. The van der Waals surface area contributed by atoms with Crippen molar-refractivity contribution in [2.75, 3.05) is 0 Å². The minimum Gasteiger partial charge on any atom is -0.122 e. The van der Waals surface area contributed by atoms with Gasteiger partial charge >= 0.3 is 0 Å². The molecule has 0 aliphatic carbocycles. The van der Waals surface area contributed by atoms with Crippen LogP contribution in [0.1, 0.15) is 126 Å². The number of aryl methyl sites for hydroxylation is 1. The molecule has 0 heterocycles. The van der Waals surface area contributed by atoms with Crippen LogP contribution in [0.5, 0.6) is 0 Å². The predicted molar refractivity (Wildman–Crippen MR) is 129 cm³/mol. The maximum Gasteiger partial charge on any atom is 0.0476 e. The van der Waals surface area contributed by atoms with Gasteiger partial charge in [-0.3, -0.25) is 0 Å². The Morgan fingerprint density at radius 1 is 0.679 bits per heavy atom. The van der Waals surface area contributed by atoms with Crippen LogP contribution in [-0.4, -0.2) is 0 Å². The first-order valence-electron chi connectivity index (χ1n) is 12.1. The summed E-state index contributed by atoms with van der Waals surface area (Å²) >= 11 is 6.08. The Morgan fingerprint density at radius 2 is 1.14 bits per heavy atom. The molecule has 0 spiro atoms. The Bertz CT molecular complexity index is 491. The summed E-state index contributed by atoms with van der Waals surface area (Å²) in [5.74, 6) is 0.617. The SMILES string of the molecule is C=Cc1ccc(CCl)c(CCCCCCCCCCCCCCCCCC)c1. The lowest BCUT2D eigenvalue weighted by atomic mass is 9.98. The van der Waals surface area contributed by atoms with Crippen LogP contribution < -0.4 is 0 Å². The van der Waals surface area contributed by atoms with E-state index in [9.17, 15) is 0 Å². The van der Waals surface area contributed by atoms with Crippen LogP contribution in [0.3, 0.4) is 0 Å². The Balaban J connectivity index is 1.90. The van der Waals surface area contributed by atoms with E-state index in [0.29, 0.717) is 5.88 Å². The third kappa shape index (κ3) is 12.7. The molecule has 1 aromatic carbocycles. The number of rotatable bonds is 19. The van der Waals surface area contributed by atoms with Gasteiger partial charge in [-0.25, -0.2) is 0 Å². The van der Waals surface area contributed by atoms with Crippen molar-refractivity contribution in [2.45, 2.75) is 122 Å². The molecule has 0 atom stereocenters. The lowest BCUT2D eigenvalue weighted by Gasteiger charge is -2.09. The van der Waals surface area contributed by atoms with E-state index < -0.39 is 0 Å². The van der Waals surface area contributed by atoms with Crippen LogP contribution in [0.15, 0.2) is 24.8 Å². The fourth-order valence-electron chi connectivity index (χ4n) is 4.00. The topological polar surface area (TPSA) is 0 Å². The van der Waals surface area contributed by atoms with E-state index in [4.69, 9.17) is 11.6 Å². The van der Waals surface area contributed by atoms with Crippen LogP contribution in [-0.2, 0) is 12.3 Å². The maximum atomic E-state index is 6.08. The van der Waals surface area contributed by atoms with E-state index in [1.165, 1.54) is 119 Å². The fourth-order valence-corrected chi connectivity index (χ4v) is 4.26. The number of hydrogen-bond acceptors (Lipinski definition) is 0. The molecule has 0 nitrogen and oxygen atoms in total. The van der Waals surface area contributed by atoms with Crippen molar-refractivity contribution in [3.8, 4) is 0 Å². The van der Waals surface area contributed by atoms with Gasteiger partial charge in [-0.1, -0.05) is 134 Å². The van der Waals surface area contributed by atoms with Crippen molar-refractivity contribution < 1.29 is 0 Å². The van der Waals surface area contributed by atoms with Gasteiger partial charge in [0.2, 0.25) is 0 Å². The van der Waals surface area contributed by atoms with Gasteiger partial charge in [-0.2, -0.15) is 0 Å². The highest BCUT2D eigenvalue weighted by molar-refractivity contribution is 6.17. The molecule has 28 heavy (non-hydrogen) atoms. The molecule has 0 radical (unpaired) electrons. The lowest BCUT2D eigenvalue weighted by Crippen LogP contribution is -1.93. The first-order chi connectivity index (χ1) is 13.8. The van der Waals surface area contributed by atoms with E-state index in [1.54, 1.807) is 0 Å². The van der Waals surface area contributed by atoms with E-state index in [-0.39, 0.29) is 0 Å².